The Kier molecular flexibility index (Phi) is 6.82. The molecule has 0 bridgehead atoms. The maximum atomic E-state index is 13.2. The molecule has 0 saturated carbocycles. The zero-order chi connectivity index (χ0) is 23.8. The molecule has 34 heavy (non-hydrogen) atoms. The Labute approximate surface area is 224 Å². The van der Waals surface area contributed by atoms with E-state index in [2.05, 4.69) is 31.5 Å². The van der Waals surface area contributed by atoms with E-state index in [-0.39, 0.29) is 5.91 Å². The van der Waals surface area contributed by atoms with Crippen LogP contribution in [-0.4, -0.2) is 24.7 Å². The van der Waals surface area contributed by atoms with Gasteiger partial charge in [0.1, 0.15) is 4.32 Å². The maximum Gasteiger partial charge on any atom is 0.266 e. The molecule has 2 aromatic carbocycles. The first-order chi connectivity index (χ1) is 16.4. The summed E-state index contributed by atoms with van der Waals surface area (Å²) in [5.74, 6) is -0.101. The van der Waals surface area contributed by atoms with E-state index in [4.69, 9.17) is 35.4 Å². The van der Waals surface area contributed by atoms with E-state index >= 15 is 0 Å². The average Bonchev–Trinajstić information content (AvgIpc) is 3.27. The van der Waals surface area contributed by atoms with Crippen molar-refractivity contribution in [3.05, 3.63) is 103 Å². The highest BCUT2D eigenvalue weighted by molar-refractivity contribution is 9.10. The lowest BCUT2D eigenvalue weighted by Gasteiger charge is -2.13. The maximum absolute atomic E-state index is 13.2. The Balaban J connectivity index is 1.50. The molecule has 0 radical (unpaired) electrons. The number of carbonyl (C=O) groups is 1. The molecule has 1 aliphatic rings. The van der Waals surface area contributed by atoms with Gasteiger partial charge in [0.2, 0.25) is 0 Å². The van der Waals surface area contributed by atoms with E-state index < -0.39 is 0 Å². The molecule has 9 heteroatoms. The number of pyridine rings is 1. The summed E-state index contributed by atoms with van der Waals surface area (Å²) in [4.78, 5) is 19.5. The summed E-state index contributed by atoms with van der Waals surface area (Å²) in [6, 6.07) is 15.4. The highest BCUT2D eigenvalue weighted by Crippen LogP contribution is 2.36. The Morgan fingerprint density at radius 2 is 1.97 bits per heavy atom. The van der Waals surface area contributed by atoms with Crippen LogP contribution in [0.15, 0.2) is 76.5 Å². The van der Waals surface area contributed by atoms with Gasteiger partial charge in [0.25, 0.3) is 5.91 Å². The second-order valence-corrected chi connectivity index (χ2v) is 11.2. The van der Waals surface area contributed by atoms with Crippen molar-refractivity contribution < 1.29 is 4.79 Å². The molecule has 0 unspecified atom stereocenters. The van der Waals surface area contributed by atoms with Gasteiger partial charge in [0.15, 0.2) is 0 Å². The summed E-state index contributed by atoms with van der Waals surface area (Å²) in [5, 5.41) is 2.24. The Hall–Kier alpha value is -2.16. The molecule has 0 spiro atoms. The lowest BCUT2D eigenvalue weighted by atomic mass is 10.1. The van der Waals surface area contributed by atoms with Gasteiger partial charge < -0.3 is 4.57 Å². The number of benzene rings is 2. The van der Waals surface area contributed by atoms with Crippen LogP contribution in [0.25, 0.3) is 17.0 Å². The van der Waals surface area contributed by atoms with Crippen molar-refractivity contribution in [1.82, 2.24) is 14.5 Å². The average molecular weight is 589 g/mol. The van der Waals surface area contributed by atoms with Crippen LogP contribution in [0.3, 0.4) is 0 Å². The minimum atomic E-state index is -0.101. The summed E-state index contributed by atoms with van der Waals surface area (Å²) < 4.78 is 3.62. The number of thiocarbonyl (C=S) groups is 1. The lowest BCUT2D eigenvalue weighted by Crippen LogP contribution is -2.27. The number of amides is 1. The van der Waals surface area contributed by atoms with Crippen LogP contribution in [0.2, 0.25) is 10.0 Å². The minimum Gasteiger partial charge on any atom is -0.342 e. The highest BCUT2D eigenvalue weighted by atomic mass is 79.9. The Bertz CT molecular complexity index is 1470. The monoisotopic (exact) mass is 587 g/mol. The van der Waals surface area contributed by atoms with Crippen molar-refractivity contribution in [3.8, 4) is 0 Å². The molecule has 5 rings (SSSR count). The van der Waals surface area contributed by atoms with Crippen LogP contribution in [-0.2, 0) is 17.9 Å². The van der Waals surface area contributed by atoms with Gasteiger partial charge in [-0.3, -0.25) is 14.7 Å². The number of nitrogens with zero attached hydrogens (tertiary/aromatic N) is 3. The third kappa shape index (κ3) is 4.81. The molecule has 1 aliphatic heterocycles. The first-order valence-electron chi connectivity index (χ1n) is 10.3. The van der Waals surface area contributed by atoms with E-state index in [0.29, 0.717) is 32.4 Å². The molecule has 1 saturated heterocycles. The smallest absolute Gasteiger partial charge is 0.266 e. The lowest BCUT2D eigenvalue weighted by molar-refractivity contribution is -0.122. The van der Waals surface area contributed by atoms with E-state index in [9.17, 15) is 4.79 Å². The number of rotatable bonds is 5. The van der Waals surface area contributed by atoms with E-state index in [0.717, 1.165) is 32.1 Å². The van der Waals surface area contributed by atoms with Crippen LogP contribution < -0.4 is 0 Å². The Morgan fingerprint density at radius 3 is 2.74 bits per heavy atom. The molecule has 1 fully saturated rings. The summed E-state index contributed by atoms with van der Waals surface area (Å²) in [7, 11) is 0. The first-order valence-corrected chi connectivity index (χ1v) is 13.0. The van der Waals surface area contributed by atoms with Crippen LogP contribution in [0.1, 0.15) is 16.7 Å². The molecule has 2 aromatic heterocycles. The van der Waals surface area contributed by atoms with Gasteiger partial charge in [-0.2, -0.15) is 0 Å². The second kappa shape index (κ2) is 9.84. The molecular weight excluding hydrogens is 573 g/mol. The molecule has 0 aliphatic carbocycles. The zero-order valence-electron chi connectivity index (χ0n) is 17.5. The van der Waals surface area contributed by atoms with Gasteiger partial charge in [0.05, 0.1) is 11.4 Å². The highest BCUT2D eigenvalue weighted by Gasteiger charge is 2.32. The number of halogens is 3. The fourth-order valence-corrected chi connectivity index (χ4v) is 5.90. The minimum absolute atomic E-state index is 0.101. The predicted octanol–water partition coefficient (Wildman–Crippen LogP) is 7.56. The van der Waals surface area contributed by atoms with Crippen molar-refractivity contribution in [3.63, 3.8) is 0 Å². The SMILES string of the molecule is O=C1/C(=C/c2cn(Cc3ccc(Cl)cc3Cl)c3ccc(Br)cc23)SC(=S)N1Cc1cccnc1. The quantitative estimate of drug-likeness (QED) is 0.178. The predicted molar refractivity (Wildman–Crippen MR) is 148 cm³/mol. The van der Waals surface area contributed by atoms with Gasteiger partial charge in [-0.15, -0.1) is 0 Å². The summed E-state index contributed by atoms with van der Waals surface area (Å²) >= 11 is 22.9. The van der Waals surface area contributed by atoms with E-state index in [1.807, 2.05) is 48.7 Å². The first kappa shape index (κ1) is 23.6. The zero-order valence-corrected chi connectivity index (χ0v) is 22.3. The molecular formula is C25H16BrCl2N3OS2. The van der Waals surface area contributed by atoms with Gasteiger partial charge >= 0.3 is 0 Å². The van der Waals surface area contributed by atoms with Crippen LogP contribution in [0.5, 0.6) is 0 Å². The molecule has 0 N–H and O–H groups in total. The number of carbonyl (C=O) groups excluding carboxylic acids is 1. The van der Waals surface area contributed by atoms with Gasteiger partial charge in [-0.05, 0) is 53.6 Å². The fraction of sp³-hybridized carbons (Fsp3) is 0.0800. The van der Waals surface area contributed by atoms with E-state index in [1.165, 1.54) is 11.8 Å². The van der Waals surface area contributed by atoms with Crippen LogP contribution in [0.4, 0.5) is 0 Å². The molecule has 4 aromatic rings. The van der Waals surface area contributed by atoms with Crippen LogP contribution in [0, 0.1) is 0 Å². The topological polar surface area (TPSA) is 38.1 Å². The Morgan fingerprint density at radius 1 is 1.12 bits per heavy atom. The fourth-order valence-electron chi connectivity index (χ4n) is 3.83. The van der Waals surface area contributed by atoms with Crippen molar-refractivity contribution >= 4 is 90.3 Å². The third-order valence-electron chi connectivity index (χ3n) is 5.45. The molecule has 0 atom stereocenters. The van der Waals surface area contributed by atoms with Gasteiger partial charge in [0, 0.05) is 56.1 Å². The molecule has 3 heterocycles. The summed E-state index contributed by atoms with van der Waals surface area (Å²) in [6.07, 6.45) is 7.40. The number of fused-ring (bicyclic) bond motifs is 1. The summed E-state index contributed by atoms with van der Waals surface area (Å²) in [6.45, 7) is 0.974. The van der Waals surface area contributed by atoms with Crippen molar-refractivity contribution in [1.29, 1.82) is 0 Å². The molecule has 4 nitrogen and oxygen atoms in total. The summed E-state index contributed by atoms with van der Waals surface area (Å²) in [5.41, 5.74) is 3.86. The number of hydrogen-bond acceptors (Lipinski definition) is 4. The van der Waals surface area contributed by atoms with Crippen LogP contribution >= 0.6 is 63.1 Å². The number of aromatic nitrogens is 2. The van der Waals surface area contributed by atoms with E-state index in [1.54, 1.807) is 23.4 Å². The molecule has 1 amide bonds. The van der Waals surface area contributed by atoms with Crippen molar-refractivity contribution in [2.45, 2.75) is 13.1 Å². The third-order valence-corrected chi connectivity index (χ3v) is 7.91. The van der Waals surface area contributed by atoms with Gasteiger partial charge in [-0.25, -0.2) is 0 Å². The van der Waals surface area contributed by atoms with Crippen molar-refractivity contribution in [2.75, 3.05) is 0 Å². The standard InChI is InChI=1S/C25H16BrCl2N3OS2/c26-18-4-6-22-20(9-18)17(14-30(22)13-16-3-5-19(27)10-21(16)28)8-23-24(32)31(25(33)34-23)12-15-2-1-7-29-11-15/h1-11,14H,12-13H2/b23-8-. The largest absolute Gasteiger partial charge is 0.342 e. The molecule has 170 valence electrons. The van der Waals surface area contributed by atoms with Crippen molar-refractivity contribution in [2.24, 2.45) is 0 Å². The number of thioether (sulfide) groups is 1. The van der Waals surface area contributed by atoms with Gasteiger partial charge in [-0.1, -0.05) is 75.2 Å². The second-order valence-electron chi connectivity index (χ2n) is 7.74. The normalized spacial score (nSPS) is 15.1. The number of hydrogen-bond donors (Lipinski definition) is 0.